The van der Waals surface area contributed by atoms with Crippen LogP contribution in [0, 0.1) is 5.92 Å². The number of unbranched alkanes of at least 4 members (excludes halogenated alkanes) is 1. The van der Waals surface area contributed by atoms with Crippen LogP contribution in [0.15, 0.2) is 24.3 Å². The van der Waals surface area contributed by atoms with Crippen molar-refractivity contribution in [3.8, 4) is 11.5 Å². The number of benzene rings is 1. The number of methoxy groups -OCH3 is 2. The molecule has 1 N–H and O–H groups in total. The van der Waals surface area contributed by atoms with E-state index in [-0.39, 0.29) is 6.10 Å². The van der Waals surface area contributed by atoms with Gasteiger partial charge in [0.15, 0.2) is 11.5 Å². The summed E-state index contributed by atoms with van der Waals surface area (Å²) in [6, 6.07) is 4.52. The molecule has 3 atom stereocenters. The molecule has 4 heteroatoms. The molecule has 0 amide bonds. The Morgan fingerprint density at radius 3 is 2.72 bits per heavy atom. The molecule has 1 aromatic carbocycles. The molecule has 0 spiro atoms. The van der Waals surface area contributed by atoms with Gasteiger partial charge in [-0.25, -0.2) is 0 Å². The molecule has 138 valence electrons. The third-order valence-electron chi connectivity index (χ3n) is 5.77. The van der Waals surface area contributed by atoms with E-state index in [0.29, 0.717) is 12.0 Å². The molecule has 0 bridgehead atoms. The summed E-state index contributed by atoms with van der Waals surface area (Å²) in [4.78, 5) is 2.56. The van der Waals surface area contributed by atoms with Crippen LogP contribution < -0.4 is 9.47 Å². The Kier molecular flexibility index (Phi) is 6.02. The minimum atomic E-state index is -0.217. The van der Waals surface area contributed by atoms with Gasteiger partial charge in [0.1, 0.15) is 0 Å². The average molecular weight is 345 g/mol. The highest BCUT2D eigenvalue weighted by molar-refractivity contribution is 5.49. The number of hydrogen-bond donors (Lipinski definition) is 1. The zero-order valence-electron chi connectivity index (χ0n) is 15.7. The first-order valence-electron chi connectivity index (χ1n) is 9.46. The Morgan fingerprint density at radius 2 is 2.00 bits per heavy atom. The van der Waals surface area contributed by atoms with Crippen LogP contribution in [0.3, 0.4) is 0 Å². The van der Waals surface area contributed by atoms with Crippen LogP contribution in [0.2, 0.25) is 0 Å². The lowest BCUT2D eigenvalue weighted by Crippen LogP contribution is -2.47. The quantitative estimate of drug-likeness (QED) is 0.630. The van der Waals surface area contributed by atoms with Crippen molar-refractivity contribution in [1.82, 2.24) is 4.90 Å². The molecule has 3 rings (SSSR count). The van der Waals surface area contributed by atoms with Gasteiger partial charge in [0.05, 0.1) is 20.3 Å². The topological polar surface area (TPSA) is 41.9 Å². The number of aliphatic hydroxyl groups excluding tert-OH is 1. The summed E-state index contributed by atoms with van der Waals surface area (Å²) < 4.78 is 10.9. The highest BCUT2D eigenvalue weighted by Gasteiger charge is 2.38. The lowest BCUT2D eigenvalue weighted by molar-refractivity contribution is -0.0155. The number of ether oxygens (including phenoxy) is 2. The lowest BCUT2D eigenvalue weighted by Gasteiger charge is -2.46. The second-order valence-electron chi connectivity index (χ2n) is 7.23. The van der Waals surface area contributed by atoms with E-state index in [0.717, 1.165) is 56.7 Å². The Bertz CT molecular complexity index is 613. The van der Waals surface area contributed by atoms with Crippen LogP contribution in [0.5, 0.6) is 11.5 Å². The molecule has 4 nitrogen and oxygen atoms in total. The summed E-state index contributed by atoms with van der Waals surface area (Å²) in [6.45, 7) is 4.12. The van der Waals surface area contributed by atoms with Crippen LogP contribution in [0.1, 0.15) is 49.8 Å². The Hall–Kier alpha value is -1.52. The molecule has 0 radical (unpaired) electrons. The van der Waals surface area contributed by atoms with E-state index in [2.05, 4.69) is 36.1 Å². The molecule has 1 aromatic rings. The number of hydrogen-bond acceptors (Lipinski definition) is 4. The van der Waals surface area contributed by atoms with Gasteiger partial charge in [0.25, 0.3) is 0 Å². The predicted molar refractivity (Wildman–Crippen MR) is 100 cm³/mol. The monoisotopic (exact) mass is 345 g/mol. The Labute approximate surface area is 151 Å². The van der Waals surface area contributed by atoms with E-state index in [1.54, 1.807) is 14.2 Å². The second-order valence-corrected chi connectivity index (χ2v) is 7.23. The van der Waals surface area contributed by atoms with Gasteiger partial charge < -0.3 is 14.6 Å². The van der Waals surface area contributed by atoms with E-state index in [1.807, 2.05) is 0 Å². The highest BCUT2D eigenvalue weighted by Crippen LogP contribution is 2.43. The van der Waals surface area contributed by atoms with Gasteiger partial charge in [0.2, 0.25) is 0 Å². The minimum Gasteiger partial charge on any atom is -0.493 e. The van der Waals surface area contributed by atoms with Gasteiger partial charge in [0, 0.05) is 19.1 Å². The normalized spacial score (nSPS) is 26.3. The van der Waals surface area contributed by atoms with Crippen molar-refractivity contribution in [3.63, 3.8) is 0 Å². The number of piperidine rings is 1. The molecule has 2 heterocycles. The van der Waals surface area contributed by atoms with Gasteiger partial charge in [-0.1, -0.05) is 12.2 Å². The molecule has 25 heavy (non-hydrogen) atoms. The molecule has 3 unspecified atom stereocenters. The van der Waals surface area contributed by atoms with Gasteiger partial charge in [-0.2, -0.15) is 0 Å². The first-order chi connectivity index (χ1) is 12.2. The van der Waals surface area contributed by atoms with Crippen LogP contribution in [0.25, 0.3) is 0 Å². The fraction of sp³-hybridized carbons (Fsp3) is 0.619. The molecule has 1 fully saturated rings. The Balaban J connectivity index is 1.74. The van der Waals surface area contributed by atoms with Gasteiger partial charge in [-0.15, -0.1) is 0 Å². The zero-order valence-corrected chi connectivity index (χ0v) is 15.7. The van der Waals surface area contributed by atoms with E-state index in [1.165, 1.54) is 11.1 Å². The van der Waals surface area contributed by atoms with Crippen molar-refractivity contribution in [2.45, 2.75) is 51.2 Å². The van der Waals surface area contributed by atoms with Crippen molar-refractivity contribution >= 4 is 0 Å². The van der Waals surface area contributed by atoms with Crippen molar-refractivity contribution < 1.29 is 14.6 Å². The summed E-state index contributed by atoms with van der Waals surface area (Å²) in [6.07, 6.45) is 9.34. The maximum absolute atomic E-state index is 10.7. The molecule has 0 saturated carbocycles. The van der Waals surface area contributed by atoms with Crippen LogP contribution >= 0.6 is 0 Å². The largest absolute Gasteiger partial charge is 0.493 e. The summed E-state index contributed by atoms with van der Waals surface area (Å²) in [5.74, 6) is 1.97. The van der Waals surface area contributed by atoms with Crippen molar-refractivity contribution in [2.24, 2.45) is 5.92 Å². The maximum atomic E-state index is 10.7. The number of rotatable bonds is 6. The predicted octanol–water partition coefficient (Wildman–Crippen LogP) is 3.73. The summed E-state index contributed by atoms with van der Waals surface area (Å²) in [5, 5.41) is 10.7. The van der Waals surface area contributed by atoms with Crippen molar-refractivity contribution in [1.29, 1.82) is 0 Å². The van der Waals surface area contributed by atoms with Crippen LogP contribution in [-0.4, -0.2) is 43.4 Å². The van der Waals surface area contributed by atoms with Gasteiger partial charge in [-0.3, -0.25) is 4.90 Å². The van der Waals surface area contributed by atoms with E-state index < -0.39 is 0 Å². The zero-order chi connectivity index (χ0) is 17.8. The van der Waals surface area contributed by atoms with Gasteiger partial charge >= 0.3 is 0 Å². The second kappa shape index (κ2) is 8.24. The number of nitrogens with zero attached hydrogens (tertiary/aromatic N) is 1. The average Bonchev–Trinajstić information content (AvgIpc) is 2.64. The number of allylic oxidation sites excluding steroid dienone is 2. The summed E-state index contributed by atoms with van der Waals surface area (Å²) in [7, 11) is 3.36. The minimum absolute atomic E-state index is 0.217. The highest BCUT2D eigenvalue weighted by atomic mass is 16.5. The SMILES string of the molecule is C/C=C/CCCC1CN2CCc3cc(OC)c(OC)cc3C2CC1O. The number of fused-ring (bicyclic) bond motifs is 3. The molecule has 1 saturated heterocycles. The third-order valence-corrected chi connectivity index (χ3v) is 5.77. The van der Waals surface area contributed by atoms with E-state index >= 15 is 0 Å². The summed E-state index contributed by atoms with van der Waals surface area (Å²) >= 11 is 0. The fourth-order valence-electron chi connectivity index (χ4n) is 4.37. The number of aliphatic hydroxyl groups is 1. The van der Waals surface area contributed by atoms with Crippen molar-refractivity contribution in [3.05, 3.63) is 35.4 Å². The molecular formula is C21H31NO3. The molecule has 0 aromatic heterocycles. The first kappa shape index (κ1) is 18.3. The van der Waals surface area contributed by atoms with Gasteiger partial charge in [-0.05, 0) is 68.2 Å². The summed E-state index contributed by atoms with van der Waals surface area (Å²) in [5.41, 5.74) is 2.63. The maximum Gasteiger partial charge on any atom is 0.161 e. The van der Waals surface area contributed by atoms with Crippen molar-refractivity contribution in [2.75, 3.05) is 27.3 Å². The molecule has 2 aliphatic heterocycles. The molecule has 0 aliphatic carbocycles. The standard InChI is InChI=1S/C21H31NO3/c1-4-5-6-7-8-16-14-22-10-9-15-11-20(24-2)21(25-3)12-17(15)18(22)13-19(16)23/h4-5,11-12,16,18-19,23H,6-10,13-14H2,1-3H3/b5-4+. The molecule has 2 aliphatic rings. The lowest BCUT2D eigenvalue weighted by atomic mass is 9.80. The Morgan fingerprint density at radius 1 is 1.24 bits per heavy atom. The third kappa shape index (κ3) is 3.85. The van der Waals surface area contributed by atoms with E-state index in [9.17, 15) is 5.11 Å². The van der Waals surface area contributed by atoms with Crippen LogP contribution in [-0.2, 0) is 6.42 Å². The van der Waals surface area contributed by atoms with E-state index in [4.69, 9.17) is 9.47 Å². The fourth-order valence-corrected chi connectivity index (χ4v) is 4.37. The van der Waals surface area contributed by atoms with Crippen LogP contribution in [0.4, 0.5) is 0 Å². The first-order valence-corrected chi connectivity index (χ1v) is 9.46. The smallest absolute Gasteiger partial charge is 0.161 e. The molecular weight excluding hydrogens is 314 g/mol.